The van der Waals surface area contributed by atoms with Crippen molar-refractivity contribution in [1.82, 2.24) is 19.8 Å². The second-order valence-corrected chi connectivity index (χ2v) is 18.2. The Balaban J connectivity index is 0.000000205. The van der Waals surface area contributed by atoms with Crippen LogP contribution in [0.4, 0.5) is 23.0 Å². The molecule has 4 heterocycles. The number of aromatic nitrogens is 2. The predicted molar refractivity (Wildman–Crippen MR) is 273 cm³/mol. The summed E-state index contributed by atoms with van der Waals surface area (Å²) in [6.45, 7) is 10.6. The molecule has 2 aromatic heterocycles. The number of halogens is 1. The molecule has 4 aromatic carbocycles. The topological polar surface area (TPSA) is 172 Å². The number of nitriles is 1. The summed E-state index contributed by atoms with van der Waals surface area (Å²) < 4.78 is 0. The standard InChI is InChI=1S/C29H31N5O2.C26H27ClN4O2/c1-19(2)32-27-11-10-25(18-31-27)28(35)33-26-16-24(7-4-20(26)3)29(36)34-14-12-23(13-15-34)22-8-5-21(17-30)6-9-22;1-17-3-4-20(15-23(17)30-25(32)21-7-10-24(28-2)29-16-21)26(33)31-13-11-19(12-14-31)18-5-8-22(27)9-6-18/h4-11,16,18-19,23H,12-15H2,1-3H3,(H,31,32)(H,33,35);3-10,15-16,19H,11-14H2,1-2H3,(H,28,29)(H,30,32). The minimum absolute atomic E-state index is 0.0138. The summed E-state index contributed by atoms with van der Waals surface area (Å²) in [5.41, 5.74) is 8.18. The van der Waals surface area contributed by atoms with Crippen LogP contribution >= 0.6 is 11.6 Å². The molecule has 354 valence electrons. The zero-order valence-electron chi connectivity index (χ0n) is 39.7. The monoisotopic (exact) mass is 943 g/mol. The third kappa shape index (κ3) is 12.9. The molecule has 2 fully saturated rings. The highest BCUT2D eigenvalue weighted by molar-refractivity contribution is 6.30. The first-order valence-electron chi connectivity index (χ1n) is 23.3. The molecule has 4 N–H and O–H groups in total. The molecule has 13 nitrogen and oxygen atoms in total. The van der Waals surface area contributed by atoms with E-state index in [4.69, 9.17) is 16.9 Å². The maximum Gasteiger partial charge on any atom is 0.257 e. The van der Waals surface area contributed by atoms with Gasteiger partial charge in [0.2, 0.25) is 0 Å². The highest BCUT2D eigenvalue weighted by atomic mass is 35.5. The third-order valence-electron chi connectivity index (χ3n) is 12.6. The van der Waals surface area contributed by atoms with Crippen LogP contribution in [0.3, 0.4) is 0 Å². The molecule has 69 heavy (non-hydrogen) atoms. The van der Waals surface area contributed by atoms with Crippen molar-refractivity contribution in [3.63, 3.8) is 0 Å². The van der Waals surface area contributed by atoms with Crippen molar-refractivity contribution < 1.29 is 19.2 Å². The molecule has 6 aromatic rings. The smallest absolute Gasteiger partial charge is 0.257 e. The van der Waals surface area contributed by atoms with Gasteiger partial charge in [0.1, 0.15) is 11.6 Å². The molecule has 2 aliphatic rings. The molecular formula is C55H58ClN9O4. The quantitative estimate of drug-likeness (QED) is 0.0986. The molecule has 4 amide bonds. The van der Waals surface area contributed by atoms with Gasteiger partial charge in [0.25, 0.3) is 23.6 Å². The number of likely N-dealkylation sites (tertiary alicyclic amines) is 2. The van der Waals surface area contributed by atoms with Crippen molar-refractivity contribution in [2.45, 2.75) is 71.3 Å². The van der Waals surface area contributed by atoms with Gasteiger partial charge in [0.05, 0.1) is 22.8 Å². The van der Waals surface area contributed by atoms with Crippen LogP contribution < -0.4 is 21.3 Å². The van der Waals surface area contributed by atoms with E-state index in [2.05, 4.69) is 49.4 Å². The van der Waals surface area contributed by atoms with Gasteiger partial charge in [-0.05, 0) is 160 Å². The fourth-order valence-corrected chi connectivity index (χ4v) is 8.64. The van der Waals surface area contributed by atoms with Crippen molar-refractivity contribution >= 4 is 58.2 Å². The van der Waals surface area contributed by atoms with Gasteiger partial charge in [-0.1, -0.05) is 48.0 Å². The van der Waals surface area contributed by atoms with Gasteiger partial charge in [0.15, 0.2) is 0 Å². The Morgan fingerprint density at radius 3 is 1.42 bits per heavy atom. The van der Waals surface area contributed by atoms with E-state index in [1.54, 1.807) is 49.6 Å². The van der Waals surface area contributed by atoms with Gasteiger partial charge in [0, 0.05) is 79.2 Å². The molecule has 0 radical (unpaired) electrons. The first-order chi connectivity index (χ1) is 33.3. The van der Waals surface area contributed by atoms with E-state index in [0.717, 1.165) is 41.8 Å². The number of piperidine rings is 2. The van der Waals surface area contributed by atoms with E-state index < -0.39 is 0 Å². The van der Waals surface area contributed by atoms with E-state index in [9.17, 15) is 19.2 Å². The molecular weight excluding hydrogens is 886 g/mol. The van der Waals surface area contributed by atoms with E-state index in [-0.39, 0.29) is 29.7 Å². The van der Waals surface area contributed by atoms with Gasteiger partial charge in [-0.3, -0.25) is 19.2 Å². The maximum atomic E-state index is 13.2. The molecule has 0 spiro atoms. The number of hydrogen-bond acceptors (Lipinski definition) is 9. The van der Waals surface area contributed by atoms with Gasteiger partial charge < -0.3 is 31.1 Å². The minimum atomic E-state index is -0.269. The summed E-state index contributed by atoms with van der Waals surface area (Å²) in [6, 6.07) is 36.0. The molecule has 0 bridgehead atoms. The van der Waals surface area contributed by atoms with Crippen LogP contribution in [0.25, 0.3) is 0 Å². The Morgan fingerprint density at radius 1 is 0.609 bits per heavy atom. The van der Waals surface area contributed by atoms with Crippen molar-refractivity contribution in [2.75, 3.05) is 54.5 Å². The Kier molecular flexibility index (Phi) is 16.4. The van der Waals surface area contributed by atoms with E-state index in [1.807, 2.05) is 98.2 Å². The largest absolute Gasteiger partial charge is 0.373 e. The van der Waals surface area contributed by atoms with Crippen LogP contribution in [-0.2, 0) is 0 Å². The lowest BCUT2D eigenvalue weighted by Crippen LogP contribution is -2.38. The molecule has 14 heteroatoms. The number of amides is 4. The lowest BCUT2D eigenvalue weighted by molar-refractivity contribution is 0.0705. The van der Waals surface area contributed by atoms with Gasteiger partial charge in [-0.25, -0.2) is 9.97 Å². The molecule has 8 rings (SSSR count). The first kappa shape index (κ1) is 49.3. The molecule has 0 aliphatic carbocycles. The molecule has 0 atom stereocenters. The van der Waals surface area contributed by atoms with Crippen molar-refractivity contribution in [3.05, 3.63) is 177 Å². The number of hydrogen-bond donors (Lipinski definition) is 4. The molecule has 0 unspecified atom stereocenters. The van der Waals surface area contributed by atoms with Crippen LogP contribution in [-0.4, -0.2) is 82.7 Å². The van der Waals surface area contributed by atoms with E-state index in [1.165, 1.54) is 17.3 Å². The second kappa shape index (κ2) is 23.0. The fourth-order valence-electron chi connectivity index (χ4n) is 8.52. The van der Waals surface area contributed by atoms with Crippen LogP contribution in [0.15, 0.2) is 122 Å². The van der Waals surface area contributed by atoms with Crippen LogP contribution in [0.2, 0.25) is 5.02 Å². The number of anilines is 4. The summed E-state index contributed by atoms with van der Waals surface area (Å²) in [5.74, 6) is 1.64. The third-order valence-corrected chi connectivity index (χ3v) is 12.9. The first-order valence-corrected chi connectivity index (χ1v) is 23.7. The lowest BCUT2D eigenvalue weighted by Gasteiger charge is -2.32. The summed E-state index contributed by atoms with van der Waals surface area (Å²) in [6.07, 6.45) is 6.65. The average molecular weight is 945 g/mol. The second-order valence-electron chi connectivity index (χ2n) is 17.8. The number of rotatable bonds is 11. The number of nitrogens with one attached hydrogen (secondary N) is 4. The van der Waals surface area contributed by atoms with Gasteiger partial charge >= 0.3 is 0 Å². The lowest BCUT2D eigenvalue weighted by atomic mass is 9.89. The summed E-state index contributed by atoms with van der Waals surface area (Å²) >= 11 is 6.00. The molecule has 0 saturated carbocycles. The summed E-state index contributed by atoms with van der Waals surface area (Å²) in [5, 5.41) is 21.7. The normalized spacial score (nSPS) is 13.9. The highest BCUT2D eigenvalue weighted by Crippen LogP contribution is 2.32. The van der Waals surface area contributed by atoms with Crippen LogP contribution in [0, 0.1) is 25.2 Å². The van der Waals surface area contributed by atoms with Crippen molar-refractivity contribution in [1.29, 1.82) is 5.26 Å². The summed E-state index contributed by atoms with van der Waals surface area (Å²) in [4.78, 5) is 64.1. The Hall–Kier alpha value is -7.56. The van der Waals surface area contributed by atoms with Crippen molar-refractivity contribution in [3.8, 4) is 6.07 Å². The Bertz CT molecular complexity index is 2790. The SMILES string of the molecule is CNc1ccc(C(=O)Nc2cc(C(=O)N3CCC(c4ccc(Cl)cc4)CC3)ccc2C)cn1.Cc1ccc(C(=O)N2CCC(c3ccc(C#N)cc3)CC2)cc1NC(=O)c1ccc(NC(C)C)nc1. The fraction of sp³-hybridized carbons (Fsp3) is 0.291. The number of nitrogens with zero attached hydrogens (tertiary/aromatic N) is 5. The van der Waals surface area contributed by atoms with Crippen molar-refractivity contribution in [2.24, 2.45) is 0 Å². The zero-order valence-corrected chi connectivity index (χ0v) is 40.4. The van der Waals surface area contributed by atoms with Gasteiger partial charge in [-0.2, -0.15) is 5.26 Å². The molecule has 2 saturated heterocycles. The molecule has 2 aliphatic heterocycles. The zero-order chi connectivity index (χ0) is 49.0. The number of carbonyl (C=O) groups is 4. The van der Waals surface area contributed by atoms with Gasteiger partial charge in [-0.15, -0.1) is 0 Å². The minimum Gasteiger partial charge on any atom is -0.373 e. The highest BCUT2D eigenvalue weighted by Gasteiger charge is 2.27. The average Bonchev–Trinajstić information content (AvgIpc) is 3.38. The Labute approximate surface area is 409 Å². The van der Waals surface area contributed by atoms with Crippen LogP contribution in [0.1, 0.15) is 121 Å². The van der Waals surface area contributed by atoms with Crippen LogP contribution in [0.5, 0.6) is 0 Å². The predicted octanol–water partition coefficient (Wildman–Crippen LogP) is 10.7. The number of aryl methyl sites for hydroxylation is 2. The number of pyridine rings is 2. The summed E-state index contributed by atoms with van der Waals surface area (Å²) in [7, 11) is 1.77. The maximum absolute atomic E-state index is 13.2. The van der Waals surface area contributed by atoms with E-state index >= 15 is 0 Å². The number of benzene rings is 4. The Morgan fingerprint density at radius 2 is 1.03 bits per heavy atom. The number of carbonyl (C=O) groups excluding carboxylic acids is 4. The van der Waals surface area contributed by atoms with E-state index in [0.29, 0.717) is 88.8 Å².